The van der Waals surface area contributed by atoms with Crippen molar-refractivity contribution in [1.82, 2.24) is 9.13 Å². The average molecular weight is 695 g/mol. The van der Waals surface area contributed by atoms with Crippen LogP contribution in [-0.2, 0) is 14.1 Å². The van der Waals surface area contributed by atoms with Gasteiger partial charge in [0.1, 0.15) is 34.9 Å². The first kappa shape index (κ1) is 33.1. The van der Waals surface area contributed by atoms with Crippen LogP contribution < -0.4 is 20.6 Å². The summed E-state index contributed by atoms with van der Waals surface area (Å²) < 4.78 is 15.6. The molecule has 2 aromatic carbocycles. The number of ether oxygens (including phenoxy) is 2. The Hall–Kier alpha value is -4.26. The third kappa shape index (κ3) is 6.00. The van der Waals surface area contributed by atoms with Crippen molar-refractivity contribution < 1.29 is 24.6 Å². The maximum Gasteiger partial charge on any atom is 0.269 e. The molecule has 4 heterocycles. The van der Waals surface area contributed by atoms with Crippen LogP contribution in [0.15, 0.2) is 87.1 Å². The third-order valence-corrected chi connectivity index (χ3v) is 9.12. The highest BCUT2D eigenvalue weighted by atomic mass is 79.9. The summed E-state index contributed by atoms with van der Waals surface area (Å²) in [4.78, 5) is 35.6. The highest BCUT2D eigenvalue weighted by molar-refractivity contribution is 9.10. The van der Waals surface area contributed by atoms with E-state index in [1.807, 2.05) is 38.1 Å². The highest BCUT2D eigenvalue weighted by Crippen LogP contribution is 2.46. The Morgan fingerprint density at radius 3 is 1.63 bits per heavy atom. The number of non-ortho nitro benzene ring substituents is 1. The lowest BCUT2D eigenvalue weighted by Crippen LogP contribution is -2.50. The second kappa shape index (κ2) is 12.2. The highest BCUT2D eigenvalue weighted by Gasteiger charge is 2.46. The van der Waals surface area contributed by atoms with Crippen LogP contribution in [0.4, 0.5) is 5.69 Å². The Kier molecular flexibility index (Phi) is 8.75. The van der Waals surface area contributed by atoms with Gasteiger partial charge < -0.3 is 28.8 Å². The molecule has 2 aliphatic rings. The minimum absolute atomic E-state index is 0.102. The number of nitro benzene ring substituents is 1. The SMILES string of the molecule is Cn1cccc(C2c3cc(Br)ccc3OC(C)(C)C2O)c1=O.Cn1cccc(C2c3cc([N+](=O)[O-])ccc3OC(C)(C)C2O)c1=O. The maximum atomic E-state index is 12.5. The second-order valence-electron chi connectivity index (χ2n) is 12.7. The number of fused-ring (bicyclic) bond motifs is 2. The van der Waals surface area contributed by atoms with E-state index in [1.165, 1.54) is 27.3 Å². The van der Waals surface area contributed by atoms with Gasteiger partial charge in [-0.1, -0.05) is 28.1 Å². The van der Waals surface area contributed by atoms with E-state index in [1.54, 1.807) is 58.5 Å². The number of hydrogen-bond donors (Lipinski definition) is 2. The van der Waals surface area contributed by atoms with Crippen molar-refractivity contribution in [3.63, 3.8) is 0 Å². The number of aliphatic hydroxyl groups is 2. The van der Waals surface area contributed by atoms with Gasteiger partial charge in [-0.3, -0.25) is 19.7 Å². The molecule has 4 atom stereocenters. The van der Waals surface area contributed by atoms with Crippen LogP contribution in [0, 0.1) is 10.1 Å². The van der Waals surface area contributed by atoms with Crippen molar-refractivity contribution in [2.45, 2.75) is 62.9 Å². The summed E-state index contributed by atoms with van der Waals surface area (Å²) in [6.45, 7) is 7.12. The molecule has 12 heteroatoms. The first-order valence-corrected chi connectivity index (χ1v) is 15.5. The molecule has 242 valence electrons. The van der Waals surface area contributed by atoms with Gasteiger partial charge in [-0.15, -0.1) is 0 Å². The number of benzene rings is 2. The molecule has 4 aromatic rings. The van der Waals surface area contributed by atoms with E-state index in [0.717, 1.165) is 10.0 Å². The molecule has 4 unspecified atom stereocenters. The van der Waals surface area contributed by atoms with E-state index < -0.39 is 40.2 Å². The van der Waals surface area contributed by atoms with Crippen LogP contribution in [-0.4, -0.2) is 47.7 Å². The Morgan fingerprint density at radius 2 is 1.17 bits per heavy atom. The van der Waals surface area contributed by atoms with Gasteiger partial charge in [-0.2, -0.15) is 0 Å². The van der Waals surface area contributed by atoms with Crippen LogP contribution >= 0.6 is 15.9 Å². The molecular formula is C34H36BrN3O8. The van der Waals surface area contributed by atoms with Gasteiger partial charge in [-0.25, -0.2) is 0 Å². The van der Waals surface area contributed by atoms with Gasteiger partial charge in [0.25, 0.3) is 16.8 Å². The van der Waals surface area contributed by atoms with Crippen molar-refractivity contribution >= 4 is 21.6 Å². The molecule has 2 aromatic heterocycles. The fourth-order valence-electron chi connectivity index (χ4n) is 6.06. The van der Waals surface area contributed by atoms with Crippen LogP contribution in [0.1, 0.15) is 61.8 Å². The Balaban J connectivity index is 0.000000182. The summed E-state index contributed by atoms with van der Waals surface area (Å²) in [5, 5.41) is 32.7. The molecule has 0 radical (unpaired) electrons. The van der Waals surface area contributed by atoms with E-state index in [-0.39, 0.29) is 16.8 Å². The molecule has 0 amide bonds. The summed E-state index contributed by atoms with van der Waals surface area (Å²) >= 11 is 3.45. The normalized spacial score (nSPS) is 22.2. The quantitative estimate of drug-likeness (QED) is 0.231. The van der Waals surface area contributed by atoms with Gasteiger partial charge in [0, 0.05) is 77.2 Å². The zero-order valence-corrected chi connectivity index (χ0v) is 27.9. The molecular weight excluding hydrogens is 658 g/mol. The standard InChI is InChI=1S/C17H18BrNO3.C17H18N2O5/c1-17(2)15(20)14(11-5-4-8-19(3)16(11)21)12-9-10(18)6-7-13(12)22-17;1-17(2)15(20)14(11-5-4-8-18(3)16(11)21)12-9-10(19(22)23)6-7-13(12)24-17/h4-9,14-15,20H,1-3H3;4-9,14-15,20H,1-3H3. The molecule has 0 saturated heterocycles. The molecule has 2 N–H and O–H groups in total. The minimum Gasteiger partial charge on any atom is -0.485 e. The number of nitrogens with zero attached hydrogens (tertiary/aromatic N) is 3. The molecule has 2 aliphatic heterocycles. The summed E-state index contributed by atoms with van der Waals surface area (Å²) in [5.41, 5.74) is 0.0534. The van der Waals surface area contributed by atoms with Crippen molar-refractivity contribution in [3.05, 3.63) is 131 Å². The number of halogens is 1. The predicted molar refractivity (Wildman–Crippen MR) is 176 cm³/mol. The van der Waals surface area contributed by atoms with Gasteiger partial charge in [0.05, 0.1) is 4.92 Å². The van der Waals surface area contributed by atoms with Crippen LogP contribution in [0.5, 0.6) is 11.5 Å². The molecule has 46 heavy (non-hydrogen) atoms. The monoisotopic (exact) mass is 693 g/mol. The van der Waals surface area contributed by atoms with Crippen LogP contribution in [0.3, 0.4) is 0 Å². The number of hydrogen-bond acceptors (Lipinski definition) is 8. The van der Waals surface area contributed by atoms with E-state index in [4.69, 9.17) is 9.47 Å². The van der Waals surface area contributed by atoms with E-state index >= 15 is 0 Å². The number of rotatable bonds is 3. The fraction of sp³-hybridized carbons (Fsp3) is 0.353. The van der Waals surface area contributed by atoms with E-state index in [9.17, 15) is 29.9 Å². The van der Waals surface area contributed by atoms with Crippen molar-refractivity contribution in [2.24, 2.45) is 14.1 Å². The Bertz CT molecular complexity index is 1930. The summed E-state index contributed by atoms with van der Waals surface area (Å²) in [6.07, 6.45) is 1.49. The lowest BCUT2D eigenvalue weighted by atomic mass is 9.77. The Labute approximate surface area is 273 Å². The summed E-state index contributed by atoms with van der Waals surface area (Å²) in [6, 6.07) is 16.9. The molecule has 6 rings (SSSR count). The lowest BCUT2D eigenvalue weighted by Gasteiger charge is -2.42. The molecule has 0 saturated carbocycles. The second-order valence-corrected chi connectivity index (χ2v) is 13.6. The molecule has 0 bridgehead atoms. The molecule has 11 nitrogen and oxygen atoms in total. The first-order chi connectivity index (χ1) is 21.5. The topological polar surface area (TPSA) is 146 Å². The van der Waals surface area contributed by atoms with Crippen molar-refractivity contribution in [1.29, 1.82) is 0 Å². The smallest absolute Gasteiger partial charge is 0.269 e. The van der Waals surface area contributed by atoms with E-state index in [0.29, 0.717) is 28.2 Å². The zero-order chi connectivity index (χ0) is 33.7. The van der Waals surface area contributed by atoms with Gasteiger partial charge >= 0.3 is 0 Å². The number of aryl methyl sites for hydroxylation is 2. The number of aromatic nitrogens is 2. The fourth-order valence-corrected chi connectivity index (χ4v) is 6.44. The summed E-state index contributed by atoms with van der Waals surface area (Å²) in [7, 11) is 3.33. The third-order valence-electron chi connectivity index (χ3n) is 8.62. The van der Waals surface area contributed by atoms with Gasteiger partial charge in [0.2, 0.25) is 0 Å². The largest absolute Gasteiger partial charge is 0.485 e. The average Bonchev–Trinajstić information content (AvgIpc) is 2.98. The number of pyridine rings is 2. The number of nitro groups is 1. The molecule has 0 fully saturated rings. The van der Waals surface area contributed by atoms with Crippen LogP contribution in [0.2, 0.25) is 0 Å². The summed E-state index contributed by atoms with van der Waals surface area (Å²) in [5.74, 6) is 0.0147. The first-order valence-electron chi connectivity index (χ1n) is 14.7. The van der Waals surface area contributed by atoms with Gasteiger partial charge in [-0.05, 0) is 64.1 Å². The minimum atomic E-state index is -1.03. The lowest BCUT2D eigenvalue weighted by molar-refractivity contribution is -0.385. The van der Waals surface area contributed by atoms with Gasteiger partial charge in [0.15, 0.2) is 0 Å². The van der Waals surface area contributed by atoms with Crippen molar-refractivity contribution in [3.8, 4) is 11.5 Å². The molecule has 0 aliphatic carbocycles. The van der Waals surface area contributed by atoms with E-state index in [2.05, 4.69) is 15.9 Å². The van der Waals surface area contributed by atoms with Crippen LogP contribution in [0.25, 0.3) is 0 Å². The molecule has 0 spiro atoms. The maximum absolute atomic E-state index is 12.5. The Morgan fingerprint density at radius 1 is 0.739 bits per heavy atom. The number of aliphatic hydroxyl groups excluding tert-OH is 2. The predicted octanol–water partition coefficient (Wildman–Crippen LogP) is 4.77. The zero-order valence-electron chi connectivity index (χ0n) is 26.3. The van der Waals surface area contributed by atoms with Crippen molar-refractivity contribution in [2.75, 3.05) is 0 Å².